The fourth-order valence-corrected chi connectivity index (χ4v) is 2.13. The Bertz CT molecular complexity index is 738. The van der Waals surface area contributed by atoms with Gasteiger partial charge in [0.25, 0.3) is 0 Å². The van der Waals surface area contributed by atoms with Gasteiger partial charge < -0.3 is 10.5 Å². The van der Waals surface area contributed by atoms with Gasteiger partial charge in [-0.15, -0.1) is 0 Å². The zero-order valence-electron chi connectivity index (χ0n) is 10.6. The fourth-order valence-electron chi connectivity index (χ4n) is 2.13. The Morgan fingerprint density at radius 3 is 2.58 bits per heavy atom. The summed E-state index contributed by atoms with van der Waals surface area (Å²) in [5, 5.41) is 2.29. The highest BCUT2D eigenvalue weighted by Gasteiger charge is 2.05. The molecule has 0 atom stereocenters. The van der Waals surface area contributed by atoms with Crippen LogP contribution in [-0.2, 0) is 0 Å². The second-order valence-corrected chi connectivity index (χ2v) is 4.44. The highest BCUT2D eigenvalue weighted by atomic mass is 16.5. The molecule has 94 valence electrons. The number of nitrogen functional groups attached to an aromatic ring is 1. The Labute approximate surface area is 111 Å². The molecule has 0 fully saturated rings. The number of benzene rings is 2. The van der Waals surface area contributed by atoms with Gasteiger partial charge in [0.15, 0.2) is 0 Å². The molecule has 0 saturated heterocycles. The average Bonchev–Trinajstić information content (AvgIpc) is 2.42. The maximum Gasteiger partial charge on any atom is 0.135 e. The van der Waals surface area contributed by atoms with E-state index in [1.807, 2.05) is 18.2 Å². The number of anilines is 1. The van der Waals surface area contributed by atoms with E-state index in [9.17, 15) is 0 Å². The molecule has 0 unspecified atom stereocenters. The van der Waals surface area contributed by atoms with Crippen LogP contribution in [0.2, 0.25) is 0 Å². The summed E-state index contributed by atoms with van der Waals surface area (Å²) in [5.74, 6) is 1.97. The predicted molar refractivity (Wildman–Crippen MR) is 77.4 cm³/mol. The molecular weight excluding hydrogens is 236 g/mol. The third-order valence-corrected chi connectivity index (χ3v) is 3.08. The molecule has 0 radical (unpaired) electrons. The van der Waals surface area contributed by atoms with Crippen molar-refractivity contribution in [2.24, 2.45) is 0 Å². The van der Waals surface area contributed by atoms with Crippen molar-refractivity contribution in [2.75, 3.05) is 5.73 Å². The highest BCUT2D eigenvalue weighted by molar-refractivity contribution is 5.91. The van der Waals surface area contributed by atoms with Crippen LogP contribution in [0.25, 0.3) is 10.8 Å². The van der Waals surface area contributed by atoms with Crippen LogP contribution in [0.3, 0.4) is 0 Å². The quantitative estimate of drug-likeness (QED) is 0.750. The van der Waals surface area contributed by atoms with E-state index in [0.717, 1.165) is 11.1 Å². The Morgan fingerprint density at radius 2 is 1.79 bits per heavy atom. The molecule has 0 aliphatic rings. The topological polar surface area (TPSA) is 48.1 Å². The van der Waals surface area contributed by atoms with Gasteiger partial charge in [0.1, 0.15) is 17.3 Å². The van der Waals surface area contributed by atoms with E-state index in [1.54, 1.807) is 18.3 Å². The van der Waals surface area contributed by atoms with Crippen molar-refractivity contribution in [3.63, 3.8) is 0 Å². The summed E-state index contributed by atoms with van der Waals surface area (Å²) in [7, 11) is 0. The lowest BCUT2D eigenvalue weighted by Crippen LogP contribution is -1.91. The number of fused-ring (bicyclic) bond motifs is 1. The summed E-state index contributed by atoms with van der Waals surface area (Å²) in [6.07, 6.45) is 1.64. The molecule has 0 aliphatic heterocycles. The Hall–Kier alpha value is -2.55. The number of hydrogen-bond acceptors (Lipinski definition) is 3. The van der Waals surface area contributed by atoms with Gasteiger partial charge in [0.05, 0.1) is 0 Å². The van der Waals surface area contributed by atoms with E-state index in [2.05, 4.69) is 30.1 Å². The third-order valence-electron chi connectivity index (χ3n) is 3.08. The molecule has 1 heterocycles. The summed E-state index contributed by atoms with van der Waals surface area (Å²) in [4.78, 5) is 3.96. The Balaban J connectivity index is 2.09. The minimum Gasteiger partial charge on any atom is -0.457 e. The molecule has 2 aromatic carbocycles. The van der Waals surface area contributed by atoms with E-state index in [4.69, 9.17) is 10.5 Å². The first-order chi connectivity index (χ1) is 9.24. The van der Waals surface area contributed by atoms with Crippen LogP contribution in [0.15, 0.2) is 54.7 Å². The average molecular weight is 250 g/mol. The van der Waals surface area contributed by atoms with Gasteiger partial charge in [0, 0.05) is 17.6 Å². The van der Waals surface area contributed by atoms with Gasteiger partial charge in [-0.3, -0.25) is 0 Å². The lowest BCUT2D eigenvalue weighted by Gasteiger charge is -2.10. The smallest absolute Gasteiger partial charge is 0.135 e. The highest BCUT2D eigenvalue weighted by Crippen LogP contribution is 2.31. The predicted octanol–water partition coefficient (Wildman–Crippen LogP) is 3.92. The van der Waals surface area contributed by atoms with Crippen molar-refractivity contribution in [1.82, 2.24) is 4.98 Å². The van der Waals surface area contributed by atoms with Gasteiger partial charge in [-0.1, -0.05) is 30.3 Å². The fraction of sp³-hybridized carbons (Fsp3) is 0.0625. The van der Waals surface area contributed by atoms with Crippen LogP contribution in [0.5, 0.6) is 11.5 Å². The molecular formula is C16H14N2O. The van der Waals surface area contributed by atoms with Crippen LogP contribution in [0.1, 0.15) is 5.56 Å². The lowest BCUT2D eigenvalue weighted by atomic mass is 10.0. The van der Waals surface area contributed by atoms with E-state index in [1.165, 1.54) is 10.9 Å². The standard InChI is InChI=1S/C16H14N2O/c1-11-6-7-15(14-5-3-2-4-13(11)14)19-12-8-9-18-16(17)10-12/h2-10H,1H3,(H2,17,18). The molecule has 0 bridgehead atoms. The van der Waals surface area contributed by atoms with Gasteiger partial charge >= 0.3 is 0 Å². The molecule has 19 heavy (non-hydrogen) atoms. The minimum atomic E-state index is 0.453. The number of nitrogens with zero attached hydrogens (tertiary/aromatic N) is 1. The number of pyridine rings is 1. The van der Waals surface area contributed by atoms with Crippen molar-refractivity contribution >= 4 is 16.6 Å². The summed E-state index contributed by atoms with van der Waals surface area (Å²) in [5.41, 5.74) is 6.89. The summed E-state index contributed by atoms with van der Waals surface area (Å²) < 4.78 is 5.91. The molecule has 0 saturated carbocycles. The number of nitrogens with two attached hydrogens (primary N) is 1. The molecule has 2 N–H and O–H groups in total. The molecule has 0 amide bonds. The van der Waals surface area contributed by atoms with Crippen LogP contribution >= 0.6 is 0 Å². The summed E-state index contributed by atoms with van der Waals surface area (Å²) >= 11 is 0. The summed E-state index contributed by atoms with van der Waals surface area (Å²) in [6, 6.07) is 15.7. The largest absolute Gasteiger partial charge is 0.457 e. The van der Waals surface area contributed by atoms with E-state index in [0.29, 0.717) is 11.6 Å². The molecule has 3 nitrogen and oxygen atoms in total. The number of aromatic nitrogens is 1. The van der Waals surface area contributed by atoms with E-state index in [-0.39, 0.29) is 0 Å². The van der Waals surface area contributed by atoms with Gasteiger partial charge in [-0.2, -0.15) is 0 Å². The van der Waals surface area contributed by atoms with Gasteiger partial charge in [0.2, 0.25) is 0 Å². The Morgan fingerprint density at radius 1 is 1.00 bits per heavy atom. The number of aryl methyl sites for hydroxylation is 1. The van der Waals surface area contributed by atoms with Crippen LogP contribution in [0, 0.1) is 6.92 Å². The van der Waals surface area contributed by atoms with E-state index < -0.39 is 0 Å². The van der Waals surface area contributed by atoms with Crippen LogP contribution in [0.4, 0.5) is 5.82 Å². The first-order valence-electron chi connectivity index (χ1n) is 6.12. The first kappa shape index (κ1) is 11.5. The van der Waals surface area contributed by atoms with Crippen LogP contribution < -0.4 is 10.5 Å². The minimum absolute atomic E-state index is 0.453. The molecule has 0 spiro atoms. The zero-order chi connectivity index (χ0) is 13.2. The van der Waals surface area contributed by atoms with Gasteiger partial charge in [-0.05, 0) is 30.0 Å². The second kappa shape index (κ2) is 4.61. The Kier molecular flexibility index (Phi) is 2.80. The lowest BCUT2D eigenvalue weighted by molar-refractivity contribution is 0.488. The SMILES string of the molecule is Cc1ccc(Oc2ccnc(N)c2)c2ccccc12. The maximum absolute atomic E-state index is 5.91. The normalized spacial score (nSPS) is 10.6. The van der Waals surface area contributed by atoms with Crippen molar-refractivity contribution in [2.45, 2.75) is 6.92 Å². The molecule has 0 aliphatic carbocycles. The number of rotatable bonds is 2. The number of ether oxygens (including phenoxy) is 1. The molecule has 1 aromatic heterocycles. The zero-order valence-corrected chi connectivity index (χ0v) is 10.6. The molecule has 3 rings (SSSR count). The van der Waals surface area contributed by atoms with Crippen molar-refractivity contribution in [1.29, 1.82) is 0 Å². The number of hydrogen-bond donors (Lipinski definition) is 1. The second-order valence-electron chi connectivity index (χ2n) is 4.44. The van der Waals surface area contributed by atoms with Crippen molar-refractivity contribution in [3.05, 3.63) is 60.3 Å². The maximum atomic E-state index is 5.91. The molecule has 3 aromatic rings. The summed E-state index contributed by atoms with van der Waals surface area (Å²) in [6.45, 7) is 2.09. The van der Waals surface area contributed by atoms with Gasteiger partial charge in [-0.25, -0.2) is 4.98 Å². The monoisotopic (exact) mass is 250 g/mol. The molecule has 3 heteroatoms. The van der Waals surface area contributed by atoms with E-state index >= 15 is 0 Å². The van der Waals surface area contributed by atoms with Crippen LogP contribution in [-0.4, -0.2) is 4.98 Å². The third kappa shape index (κ3) is 2.22. The van der Waals surface area contributed by atoms with Crippen molar-refractivity contribution in [3.8, 4) is 11.5 Å². The van der Waals surface area contributed by atoms with Crippen molar-refractivity contribution < 1.29 is 4.74 Å². The first-order valence-corrected chi connectivity index (χ1v) is 6.12.